The SMILES string of the molecule is Cc1cccc(Cl)c1NC(=O)C1N(CCO)C(=O)[C@@H]2[C@@H](C(=O)Nc3ccccc3)[C@]3(C)OC12CC3C. The molecule has 3 aliphatic heterocycles. The Bertz CT molecular complexity index is 1200. The summed E-state index contributed by atoms with van der Waals surface area (Å²) in [6, 6.07) is 13.3. The molecule has 2 aromatic carbocycles. The summed E-state index contributed by atoms with van der Waals surface area (Å²) in [5.74, 6) is -2.85. The molecule has 2 bridgehead atoms. The number of hydrogen-bond donors (Lipinski definition) is 3. The molecule has 3 fully saturated rings. The van der Waals surface area contributed by atoms with Crippen LogP contribution >= 0.6 is 11.6 Å². The van der Waals surface area contributed by atoms with Crippen molar-refractivity contribution in [3.8, 4) is 0 Å². The van der Waals surface area contributed by atoms with Crippen LogP contribution in [0.3, 0.4) is 0 Å². The van der Waals surface area contributed by atoms with Crippen LogP contribution < -0.4 is 10.6 Å². The third-order valence-corrected chi connectivity index (χ3v) is 8.51. The maximum atomic E-state index is 13.8. The molecule has 3 N–H and O–H groups in total. The van der Waals surface area contributed by atoms with Crippen molar-refractivity contribution in [3.63, 3.8) is 0 Å². The highest BCUT2D eigenvalue weighted by Crippen LogP contribution is 2.65. The Morgan fingerprint density at radius 1 is 1.14 bits per heavy atom. The number of anilines is 2. The minimum atomic E-state index is -1.20. The quantitative estimate of drug-likeness (QED) is 0.552. The average Bonchev–Trinajstić information content (AvgIpc) is 3.34. The largest absolute Gasteiger partial charge is 0.395 e. The standard InChI is InChI=1S/C27H30ClN3O5/c1-15-8-7-11-18(28)21(15)30-24(34)22-27-14-16(2)26(3,36-27)19(20(27)25(35)31(22)12-13-32)23(33)29-17-9-5-4-6-10-17/h4-11,16,19-20,22,32H,12-14H2,1-3H3,(H,29,33)(H,30,34)/t16?,19-,20-,22?,26+,27?/m0/s1. The number of benzene rings is 2. The van der Waals surface area contributed by atoms with Crippen LogP contribution in [-0.2, 0) is 19.1 Å². The van der Waals surface area contributed by atoms with E-state index in [0.29, 0.717) is 22.8 Å². The Morgan fingerprint density at radius 2 is 1.86 bits per heavy atom. The first-order valence-corrected chi connectivity index (χ1v) is 12.5. The molecule has 3 unspecified atom stereocenters. The van der Waals surface area contributed by atoms with Crippen molar-refractivity contribution in [1.82, 2.24) is 4.90 Å². The summed E-state index contributed by atoms with van der Waals surface area (Å²) < 4.78 is 6.64. The number of carbonyl (C=O) groups is 3. The first-order chi connectivity index (χ1) is 17.1. The number of nitrogens with zero attached hydrogens (tertiary/aromatic N) is 1. The molecule has 5 rings (SSSR count). The highest BCUT2D eigenvalue weighted by atomic mass is 35.5. The monoisotopic (exact) mass is 511 g/mol. The topological polar surface area (TPSA) is 108 Å². The van der Waals surface area contributed by atoms with Gasteiger partial charge in [0, 0.05) is 12.2 Å². The Labute approximate surface area is 215 Å². The lowest BCUT2D eigenvalue weighted by Gasteiger charge is -2.36. The van der Waals surface area contributed by atoms with Gasteiger partial charge in [-0.05, 0) is 49.9 Å². The fourth-order valence-corrected chi connectivity index (χ4v) is 6.78. The molecule has 3 aliphatic rings. The second kappa shape index (κ2) is 8.87. The lowest BCUT2D eigenvalue weighted by Crippen LogP contribution is -2.54. The zero-order valence-electron chi connectivity index (χ0n) is 20.5. The first-order valence-electron chi connectivity index (χ1n) is 12.2. The molecule has 9 heteroatoms. The summed E-state index contributed by atoms with van der Waals surface area (Å²) in [6.45, 7) is 5.31. The molecule has 1 spiro atoms. The van der Waals surface area contributed by atoms with E-state index < -0.39 is 35.0 Å². The number of nitrogens with one attached hydrogen (secondary N) is 2. The summed E-state index contributed by atoms with van der Waals surface area (Å²) in [4.78, 5) is 42.7. The zero-order valence-corrected chi connectivity index (χ0v) is 21.2. The van der Waals surface area contributed by atoms with Gasteiger partial charge >= 0.3 is 0 Å². The van der Waals surface area contributed by atoms with E-state index in [2.05, 4.69) is 10.6 Å². The number of para-hydroxylation sites is 2. The molecule has 36 heavy (non-hydrogen) atoms. The van der Waals surface area contributed by atoms with Crippen LogP contribution in [0, 0.1) is 24.7 Å². The second-order valence-corrected chi connectivity index (χ2v) is 10.6. The third kappa shape index (κ3) is 3.54. The van der Waals surface area contributed by atoms with Gasteiger partial charge in [0.1, 0.15) is 11.6 Å². The maximum Gasteiger partial charge on any atom is 0.250 e. The summed E-state index contributed by atoms with van der Waals surface area (Å²) in [6.07, 6.45) is 0.441. The van der Waals surface area contributed by atoms with Gasteiger partial charge in [0.05, 0.1) is 34.8 Å². The van der Waals surface area contributed by atoms with Crippen LogP contribution in [0.5, 0.6) is 0 Å². The molecule has 8 nitrogen and oxygen atoms in total. The van der Waals surface area contributed by atoms with E-state index in [4.69, 9.17) is 16.3 Å². The molecule has 0 saturated carbocycles. The Balaban J connectivity index is 1.54. The molecule has 0 aliphatic carbocycles. The van der Waals surface area contributed by atoms with Crippen molar-refractivity contribution >= 4 is 40.7 Å². The summed E-state index contributed by atoms with van der Waals surface area (Å²) >= 11 is 6.36. The van der Waals surface area contributed by atoms with E-state index in [9.17, 15) is 19.5 Å². The van der Waals surface area contributed by atoms with Gasteiger partial charge in [0.25, 0.3) is 0 Å². The van der Waals surface area contributed by atoms with Crippen molar-refractivity contribution in [3.05, 3.63) is 59.1 Å². The molecule has 6 atom stereocenters. The summed E-state index contributed by atoms with van der Waals surface area (Å²) in [7, 11) is 0. The van der Waals surface area contributed by atoms with Gasteiger partial charge in [-0.2, -0.15) is 0 Å². The molecule has 0 radical (unpaired) electrons. The fourth-order valence-electron chi connectivity index (χ4n) is 6.51. The van der Waals surface area contributed by atoms with Crippen LogP contribution in [-0.4, -0.2) is 58.1 Å². The third-order valence-electron chi connectivity index (χ3n) is 8.20. The van der Waals surface area contributed by atoms with E-state index in [-0.39, 0.29) is 30.9 Å². The second-order valence-electron chi connectivity index (χ2n) is 10.2. The van der Waals surface area contributed by atoms with Crippen LogP contribution in [0.15, 0.2) is 48.5 Å². The van der Waals surface area contributed by atoms with Gasteiger partial charge in [0.15, 0.2) is 0 Å². The van der Waals surface area contributed by atoms with E-state index >= 15 is 0 Å². The van der Waals surface area contributed by atoms with Crippen molar-refractivity contribution < 1.29 is 24.2 Å². The molecule has 0 aromatic heterocycles. The predicted octanol–water partition coefficient (Wildman–Crippen LogP) is 3.23. The number of carbonyl (C=O) groups excluding carboxylic acids is 3. The molecule has 2 aromatic rings. The Morgan fingerprint density at radius 3 is 2.53 bits per heavy atom. The fraction of sp³-hybridized carbons (Fsp3) is 0.444. The van der Waals surface area contributed by atoms with Gasteiger partial charge in [-0.3, -0.25) is 14.4 Å². The maximum absolute atomic E-state index is 13.8. The van der Waals surface area contributed by atoms with Crippen molar-refractivity contribution in [2.24, 2.45) is 17.8 Å². The van der Waals surface area contributed by atoms with Gasteiger partial charge in [0.2, 0.25) is 17.7 Å². The van der Waals surface area contributed by atoms with E-state index in [1.54, 1.807) is 24.3 Å². The number of fused-ring (bicyclic) bond motifs is 1. The normalized spacial score (nSPS) is 32.5. The van der Waals surface area contributed by atoms with E-state index in [1.165, 1.54) is 4.90 Å². The van der Waals surface area contributed by atoms with Crippen molar-refractivity contribution in [2.45, 2.75) is 44.4 Å². The molecule has 3 saturated heterocycles. The smallest absolute Gasteiger partial charge is 0.250 e. The lowest BCUT2D eigenvalue weighted by molar-refractivity contribution is -0.144. The molecular weight excluding hydrogens is 482 g/mol. The summed E-state index contributed by atoms with van der Waals surface area (Å²) in [5, 5.41) is 16.0. The van der Waals surface area contributed by atoms with E-state index in [0.717, 1.165) is 5.56 Å². The predicted molar refractivity (Wildman–Crippen MR) is 135 cm³/mol. The lowest BCUT2D eigenvalue weighted by atomic mass is 9.62. The molecule has 3 heterocycles. The average molecular weight is 512 g/mol. The van der Waals surface area contributed by atoms with Gasteiger partial charge in [-0.15, -0.1) is 0 Å². The number of β-amino-alcohol motifs (C(OH)–C–C–N with tert-alkyl or cyclic N) is 1. The molecule has 3 amide bonds. The number of aliphatic hydroxyl groups is 1. The Kier molecular flexibility index (Phi) is 6.09. The number of halogens is 1. The van der Waals surface area contributed by atoms with Gasteiger partial charge in [-0.1, -0.05) is 48.9 Å². The number of hydrogen-bond acceptors (Lipinski definition) is 5. The van der Waals surface area contributed by atoms with Gasteiger partial charge in [-0.25, -0.2) is 0 Å². The van der Waals surface area contributed by atoms with Crippen molar-refractivity contribution in [1.29, 1.82) is 0 Å². The van der Waals surface area contributed by atoms with Crippen LogP contribution in [0.4, 0.5) is 11.4 Å². The highest BCUT2D eigenvalue weighted by Gasteiger charge is 2.79. The number of likely N-dealkylation sites (tertiary alicyclic amines) is 1. The Hall–Kier alpha value is -2.94. The molecule has 190 valence electrons. The van der Waals surface area contributed by atoms with E-state index in [1.807, 2.05) is 45.0 Å². The number of rotatable bonds is 6. The van der Waals surface area contributed by atoms with Crippen LogP contribution in [0.25, 0.3) is 0 Å². The number of aryl methyl sites for hydroxylation is 1. The number of aliphatic hydroxyl groups excluding tert-OH is 1. The minimum absolute atomic E-state index is 0.0435. The van der Waals surface area contributed by atoms with Crippen LogP contribution in [0.1, 0.15) is 25.8 Å². The summed E-state index contributed by atoms with van der Waals surface area (Å²) in [5.41, 5.74) is -0.260. The molecular formula is C27H30ClN3O5. The number of ether oxygens (including phenoxy) is 1. The van der Waals surface area contributed by atoms with Gasteiger partial charge < -0.3 is 25.4 Å². The highest BCUT2D eigenvalue weighted by molar-refractivity contribution is 6.34. The first kappa shape index (κ1) is 24.7. The minimum Gasteiger partial charge on any atom is -0.395 e. The van der Waals surface area contributed by atoms with Crippen LogP contribution in [0.2, 0.25) is 5.02 Å². The van der Waals surface area contributed by atoms with Crippen molar-refractivity contribution in [2.75, 3.05) is 23.8 Å². The zero-order chi connectivity index (χ0) is 25.8. The number of amides is 3.